The van der Waals surface area contributed by atoms with Crippen molar-refractivity contribution in [1.29, 1.82) is 0 Å². The standard InChI is InChI=1S/C27H20ClN7O4S/c28-24-22(30-26(40-24)29-17-36)23(25(37)38)33-39-16-21-31-34-35(32-21)27(18-10-4-1-5-11-18,19-12-6-2-7-13-19)20-14-8-3-9-15-20/h1-15,17H,16H2,(H,37,38)(H,29,30,36). The van der Waals surface area contributed by atoms with Crippen LogP contribution in [0.5, 0.6) is 0 Å². The summed E-state index contributed by atoms with van der Waals surface area (Å²) in [5, 5.41) is 29.0. The molecule has 0 aliphatic carbocycles. The quantitative estimate of drug-likeness (QED) is 0.103. The van der Waals surface area contributed by atoms with Crippen LogP contribution in [0.1, 0.15) is 28.2 Å². The van der Waals surface area contributed by atoms with Gasteiger partial charge in [0.25, 0.3) is 0 Å². The maximum atomic E-state index is 11.8. The van der Waals surface area contributed by atoms with E-state index in [1.165, 1.54) is 4.80 Å². The van der Waals surface area contributed by atoms with Gasteiger partial charge in [0.05, 0.1) is 0 Å². The molecule has 40 heavy (non-hydrogen) atoms. The van der Waals surface area contributed by atoms with Crippen LogP contribution in [0.25, 0.3) is 0 Å². The predicted octanol–water partition coefficient (Wildman–Crippen LogP) is 4.20. The van der Waals surface area contributed by atoms with Crippen LogP contribution in [-0.2, 0) is 26.6 Å². The van der Waals surface area contributed by atoms with Crippen LogP contribution in [0.4, 0.5) is 5.13 Å². The van der Waals surface area contributed by atoms with Gasteiger partial charge in [0.15, 0.2) is 17.3 Å². The third-order valence-electron chi connectivity index (χ3n) is 5.87. The molecule has 1 amide bonds. The van der Waals surface area contributed by atoms with E-state index in [0.717, 1.165) is 28.0 Å². The molecule has 5 aromatic rings. The van der Waals surface area contributed by atoms with Crippen molar-refractivity contribution >= 4 is 46.2 Å². The smallest absolute Gasteiger partial charge is 0.360 e. The number of rotatable bonds is 11. The Labute approximate surface area is 236 Å². The number of benzene rings is 3. The zero-order chi connectivity index (χ0) is 28.0. The lowest BCUT2D eigenvalue weighted by Gasteiger charge is -2.34. The van der Waals surface area contributed by atoms with Crippen molar-refractivity contribution < 1.29 is 19.5 Å². The van der Waals surface area contributed by atoms with Gasteiger partial charge in [-0.3, -0.25) is 4.79 Å². The molecule has 0 aliphatic heterocycles. The molecular formula is C27H20ClN7O4S. The number of aromatic nitrogens is 5. The van der Waals surface area contributed by atoms with Crippen LogP contribution >= 0.6 is 22.9 Å². The summed E-state index contributed by atoms with van der Waals surface area (Å²) in [6, 6.07) is 29.4. The molecule has 0 aliphatic rings. The number of anilines is 1. The second-order valence-corrected chi connectivity index (χ2v) is 9.83. The zero-order valence-electron chi connectivity index (χ0n) is 20.6. The normalized spacial score (nSPS) is 11.7. The molecule has 200 valence electrons. The fraction of sp³-hybridized carbons (Fsp3) is 0.0741. The van der Waals surface area contributed by atoms with Gasteiger partial charge in [-0.2, -0.15) is 0 Å². The Morgan fingerprint density at radius 2 is 1.55 bits per heavy atom. The van der Waals surface area contributed by atoms with Gasteiger partial charge >= 0.3 is 5.97 Å². The van der Waals surface area contributed by atoms with E-state index in [9.17, 15) is 14.7 Å². The summed E-state index contributed by atoms with van der Waals surface area (Å²) in [5.41, 5.74) is 1.06. The number of thiazole rings is 1. The number of hydrogen-bond acceptors (Lipinski definition) is 9. The molecule has 3 aromatic carbocycles. The molecule has 0 spiro atoms. The van der Waals surface area contributed by atoms with Crippen LogP contribution in [0, 0.1) is 0 Å². The molecule has 0 saturated heterocycles. The second-order valence-electron chi connectivity index (χ2n) is 8.23. The van der Waals surface area contributed by atoms with E-state index in [4.69, 9.17) is 16.4 Å². The summed E-state index contributed by atoms with van der Waals surface area (Å²) >= 11 is 6.99. The molecule has 2 heterocycles. The van der Waals surface area contributed by atoms with Gasteiger partial charge in [0.1, 0.15) is 10.0 Å². The monoisotopic (exact) mass is 573 g/mol. The van der Waals surface area contributed by atoms with E-state index in [0.29, 0.717) is 6.41 Å². The van der Waals surface area contributed by atoms with Gasteiger partial charge in [-0.15, -0.1) is 15.0 Å². The largest absolute Gasteiger partial charge is 0.476 e. The number of oxime groups is 1. The lowest BCUT2D eigenvalue weighted by Crippen LogP contribution is -2.39. The minimum Gasteiger partial charge on any atom is -0.476 e. The number of nitrogens with one attached hydrogen (secondary N) is 1. The first-order valence-corrected chi connectivity index (χ1v) is 13.0. The molecule has 0 unspecified atom stereocenters. The van der Waals surface area contributed by atoms with Crippen molar-refractivity contribution in [3.8, 4) is 0 Å². The third-order valence-corrected chi connectivity index (χ3v) is 7.06. The first-order valence-electron chi connectivity index (χ1n) is 11.8. The van der Waals surface area contributed by atoms with E-state index in [1.54, 1.807) is 0 Å². The highest BCUT2D eigenvalue weighted by Crippen LogP contribution is 2.39. The van der Waals surface area contributed by atoms with Gasteiger partial charge in [0.2, 0.25) is 17.9 Å². The molecule has 0 fully saturated rings. The van der Waals surface area contributed by atoms with Crippen LogP contribution < -0.4 is 5.32 Å². The highest BCUT2D eigenvalue weighted by atomic mass is 35.5. The van der Waals surface area contributed by atoms with Gasteiger partial charge < -0.3 is 15.3 Å². The van der Waals surface area contributed by atoms with Crippen LogP contribution in [0.2, 0.25) is 4.34 Å². The maximum Gasteiger partial charge on any atom is 0.360 e. The molecule has 0 radical (unpaired) electrons. The Morgan fingerprint density at radius 1 is 1.00 bits per heavy atom. The number of aliphatic carboxylic acids is 1. The van der Waals surface area contributed by atoms with Crippen molar-refractivity contribution in [2.24, 2.45) is 5.16 Å². The summed E-state index contributed by atoms with van der Waals surface area (Å²) in [4.78, 5) is 33.3. The number of carboxylic acids is 1. The highest BCUT2D eigenvalue weighted by molar-refractivity contribution is 7.20. The zero-order valence-corrected chi connectivity index (χ0v) is 22.2. The maximum absolute atomic E-state index is 11.8. The van der Waals surface area contributed by atoms with Crippen molar-refractivity contribution in [2.75, 3.05) is 5.32 Å². The number of halogens is 1. The van der Waals surface area contributed by atoms with Gasteiger partial charge in [0, 0.05) is 0 Å². The molecule has 0 saturated carbocycles. The summed E-state index contributed by atoms with van der Waals surface area (Å²) in [7, 11) is 0. The number of nitrogens with zero attached hydrogens (tertiary/aromatic N) is 6. The van der Waals surface area contributed by atoms with Gasteiger partial charge in [-0.05, 0) is 21.9 Å². The van der Waals surface area contributed by atoms with Crippen molar-refractivity contribution in [1.82, 2.24) is 25.2 Å². The SMILES string of the molecule is O=CNc1nc(C(=NOCc2nnn(C(c3ccccc3)(c3ccccc3)c3ccccc3)n2)C(=O)O)c(Cl)s1. The molecular weight excluding hydrogens is 554 g/mol. The Kier molecular flexibility index (Phi) is 7.89. The van der Waals surface area contributed by atoms with Gasteiger partial charge in [-0.25, -0.2) is 9.78 Å². The third kappa shape index (κ3) is 5.17. The predicted molar refractivity (Wildman–Crippen MR) is 148 cm³/mol. The number of carbonyl (C=O) groups excluding carboxylic acids is 1. The molecule has 2 aromatic heterocycles. The minimum atomic E-state index is -1.42. The number of tetrazole rings is 1. The van der Waals surface area contributed by atoms with Crippen molar-refractivity contribution in [3.63, 3.8) is 0 Å². The minimum absolute atomic E-state index is 0.0246. The van der Waals surface area contributed by atoms with Crippen LogP contribution in [-0.4, -0.2) is 48.4 Å². The average Bonchev–Trinajstić information content (AvgIpc) is 3.60. The van der Waals surface area contributed by atoms with E-state index >= 15 is 0 Å². The fourth-order valence-corrected chi connectivity index (χ4v) is 5.23. The summed E-state index contributed by atoms with van der Waals surface area (Å²) in [6.07, 6.45) is 0.405. The second kappa shape index (κ2) is 11.8. The molecule has 11 nitrogen and oxygen atoms in total. The number of amides is 1. The summed E-state index contributed by atoms with van der Waals surface area (Å²) < 4.78 is 0.0246. The molecule has 0 atom stereocenters. The van der Waals surface area contributed by atoms with Gasteiger partial charge in [-0.1, -0.05) is 119 Å². The molecule has 2 N–H and O–H groups in total. The molecule has 0 bridgehead atoms. The Bertz CT molecular complexity index is 1550. The average molecular weight is 574 g/mol. The Morgan fingerprint density at radius 3 is 2.05 bits per heavy atom. The first-order chi connectivity index (χ1) is 19.5. The summed E-state index contributed by atoms with van der Waals surface area (Å²) in [6.45, 7) is -0.285. The lowest BCUT2D eigenvalue weighted by atomic mass is 9.77. The van der Waals surface area contributed by atoms with Crippen molar-refractivity contribution in [2.45, 2.75) is 12.1 Å². The van der Waals surface area contributed by atoms with E-state index in [-0.39, 0.29) is 27.6 Å². The number of hydrogen-bond donors (Lipinski definition) is 2. The Hall–Kier alpha value is -4.94. The molecule has 5 rings (SSSR count). The van der Waals surface area contributed by atoms with E-state index in [1.807, 2.05) is 91.0 Å². The highest BCUT2D eigenvalue weighted by Gasteiger charge is 2.41. The first kappa shape index (κ1) is 26.7. The van der Waals surface area contributed by atoms with Crippen molar-refractivity contribution in [3.05, 3.63) is 124 Å². The summed E-state index contributed by atoms with van der Waals surface area (Å²) in [5.74, 6) is -1.26. The number of carboxylic acid groups (broad SMARTS) is 1. The lowest BCUT2D eigenvalue weighted by molar-refractivity contribution is -0.129. The molecule has 13 heteroatoms. The Balaban J connectivity index is 1.52. The van der Waals surface area contributed by atoms with Crippen LogP contribution in [0.3, 0.4) is 0 Å². The van der Waals surface area contributed by atoms with Crippen LogP contribution in [0.15, 0.2) is 96.2 Å². The van der Waals surface area contributed by atoms with E-state index in [2.05, 4.69) is 30.9 Å². The van der Waals surface area contributed by atoms with E-state index < -0.39 is 17.2 Å². The fourth-order valence-electron chi connectivity index (χ4n) is 4.23. The number of carbonyl (C=O) groups is 2. The topological polar surface area (TPSA) is 144 Å².